The second kappa shape index (κ2) is 15.1. The predicted octanol–water partition coefficient (Wildman–Crippen LogP) is 14.3. The Labute approximate surface area is 348 Å². The van der Waals surface area contributed by atoms with Crippen molar-refractivity contribution in [1.82, 2.24) is 0 Å². The number of aromatic hydroxyl groups is 3. The van der Waals surface area contributed by atoms with Crippen LogP contribution in [0.2, 0.25) is 0 Å². The lowest BCUT2D eigenvalue weighted by Gasteiger charge is -2.30. The molecule has 3 N–H and O–H groups in total. The van der Waals surface area contributed by atoms with E-state index in [9.17, 15) is 15.3 Å². The first-order valence-corrected chi connectivity index (χ1v) is 21.3. The predicted molar refractivity (Wildman–Crippen MR) is 246 cm³/mol. The zero-order chi connectivity index (χ0) is 43.8. The molecule has 4 rings (SSSR count). The molecular weight excluding hydrogens is 697 g/mol. The van der Waals surface area contributed by atoms with Crippen molar-refractivity contribution in [2.24, 2.45) is 0 Å². The highest BCUT2D eigenvalue weighted by Gasteiger charge is 2.31. The topological polar surface area (TPSA) is 60.7 Å². The van der Waals surface area contributed by atoms with Crippen molar-refractivity contribution >= 4 is 0 Å². The zero-order valence-corrected chi connectivity index (χ0v) is 39.9. The number of rotatable bonds is 6. The monoisotopic (exact) mass is 775 g/mol. The fraction of sp³-hybridized carbons (Fsp3) is 0.556. The quantitative estimate of drug-likeness (QED) is 0.183. The third kappa shape index (κ3) is 9.77. The first-order chi connectivity index (χ1) is 25.5. The number of phenolic OH excluding ortho intramolecular Hbond substituents is 3. The van der Waals surface area contributed by atoms with Gasteiger partial charge in [0.2, 0.25) is 0 Å². The summed E-state index contributed by atoms with van der Waals surface area (Å²) in [5.41, 5.74) is 15.9. The minimum absolute atomic E-state index is 0.237. The van der Waals surface area contributed by atoms with E-state index in [1.54, 1.807) is 0 Å². The van der Waals surface area contributed by atoms with Gasteiger partial charge in [-0.05, 0) is 156 Å². The molecule has 0 amide bonds. The highest BCUT2D eigenvalue weighted by Crippen LogP contribution is 2.45. The molecule has 0 saturated heterocycles. The highest BCUT2D eigenvalue weighted by atomic mass is 16.3. The molecule has 0 saturated carbocycles. The third-order valence-corrected chi connectivity index (χ3v) is 12.3. The Morgan fingerprint density at radius 1 is 0.298 bits per heavy atom. The lowest BCUT2D eigenvalue weighted by Crippen LogP contribution is -2.19. The Kier molecular flexibility index (Phi) is 12.2. The molecule has 0 aromatic heterocycles. The summed E-state index contributed by atoms with van der Waals surface area (Å²) in [5.74, 6) is 1.21. The van der Waals surface area contributed by atoms with Crippen LogP contribution in [0.15, 0.2) is 36.4 Å². The van der Waals surface area contributed by atoms with E-state index in [2.05, 4.69) is 182 Å². The average Bonchev–Trinajstić information content (AvgIpc) is 3.02. The molecule has 0 aliphatic rings. The van der Waals surface area contributed by atoms with Gasteiger partial charge in [-0.25, -0.2) is 0 Å². The standard InChI is InChI=1S/C54H78O3/c1-31-32(2)37(22-34-25-40(49(4,5)6)46(55)41(26-34)50(7,8)9)39(24-36-29-44(53(16,17)18)48(57)45(30-36)54(19,20)21)38(33(31)3)23-35-27-42(51(10,11)12)47(56)43(28-35)52(13,14)15/h25-30,55-57H,22-24H2,1-21H3. The van der Waals surface area contributed by atoms with Crippen molar-refractivity contribution in [2.75, 3.05) is 0 Å². The third-order valence-electron chi connectivity index (χ3n) is 12.3. The van der Waals surface area contributed by atoms with Gasteiger partial charge in [0.05, 0.1) is 0 Å². The summed E-state index contributed by atoms with van der Waals surface area (Å²) >= 11 is 0. The molecule has 0 aliphatic heterocycles. The summed E-state index contributed by atoms with van der Waals surface area (Å²) in [6.07, 6.45) is 2.17. The van der Waals surface area contributed by atoms with E-state index in [1.165, 1.54) is 50.1 Å². The smallest absolute Gasteiger partial charge is 0.123 e. The van der Waals surface area contributed by atoms with Crippen LogP contribution in [0, 0.1) is 20.8 Å². The summed E-state index contributed by atoms with van der Waals surface area (Å²) in [6, 6.07) is 13.4. The summed E-state index contributed by atoms with van der Waals surface area (Å²) in [7, 11) is 0. The molecule has 0 bridgehead atoms. The summed E-state index contributed by atoms with van der Waals surface area (Å²) in [5, 5.41) is 35.1. The van der Waals surface area contributed by atoms with E-state index in [1.807, 2.05) is 0 Å². The molecule has 312 valence electrons. The van der Waals surface area contributed by atoms with Crippen LogP contribution in [0.25, 0.3) is 0 Å². The molecule has 0 heterocycles. The van der Waals surface area contributed by atoms with Gasteiger partial charge in [-0.2, -0.15) is 0 Å². The number of phenols is 3. The van der Waals surface area contributed by atoms with E-state index >= 15 is 0 Å². The van der Waals surface area contributed by atoms with Crippen molar-refractivity contribution in [3.63, 3.8) is 0 Å². The van der Waals surface area contributed by atoms with Crippen molar-refractivity contribution in [3.8, 4) is 17.2 Å². The summed E-state index contributed by atoms with van der Waals surface area (Å²) in [6.45, 7) is 46.2. The Morgan fingerprint density at radius 2 is 0.474 bits per heavy atom. The van der Waals surface area contributed by atoms with Crippen LogP contribution in [0.3, 0.4) is 0 Å². The van der Waals surface area contributed by atoms with Gasteiger partial charge in [0.1, 0.15) is 17.2 Å². The van der Waals surface area contributed by atoms with Gasteiger partial charge in [0.25, 0.3) is 0 Å². The van der Waals surface area contributed by atoms with Crippen LogP contribution in [-0.4, -0.2) is 15.3 Å². The Morgan fingerprint density at radius 3 is 0.649 bits per heavy atom. The van der Waals surface area contributed by atoms with Gasteiger partial charge >= 0.3 is 0 Å². The van der Waals surface area contributed by atoms with Crippen LogP contribution in [0.5, 0.6) is 17.2 Å². The van der Waals surface area contributed by atoms with Crippen molar-refractivity contribution in [1.29, 1.82) is 0 Å². The van der Waals surface area contributed by atoms with Crippen LogP contribution < -0.4 is 0 Å². The molecule has 4 aromatic carbocycles. The Bertz CT molecular complexity index is 1930. The summed E-state index contributed by atoms with van der Waals surface area (Å²) in [4.78, 5) is 0. The van der Waals surface area contributed by atoms with Gasteiger partial charge in [-0.1, -0.05) is 161 Å². The van der Waals surface area contributed by atoms with Crippen molar-refractivity contribution < 1.29 is 15.3 Å². The molecule has 57 heavy (non-hydrogen) atoms. The lowest BCUT2D eigenvalue weighted by molar-refractivity contribution is 0.422. The first kappa shape index (κ1) is 46.0. The molecule has 0 atom stereocenters. The number of benzene rings is 4. The van der Waals surface area contributed by atoms with Gasteiger partial charge in [0, 0.05) is 0 Å². The Hall–Kier alpha value is -3.72. The number of hydrogen-bond donors (Lipinski definition) is 3. The van der Waals surface area contributed by atoms with Crippen LogP contribution in [0.1, 0.15) is 208 Å². The van der Waals surface area contributed by atoms with E-state index in [0.717, 1.165) is 46.2 Å². The first-order valence-electron chi connectivity index (χ1n) is 21.3. The van der Waals surface area contributed by atoms with Crippen LogP contribution >= 0.6 is 0 Å². The van der Waals surface area contributed by atoms with Crippen LogP contribution in [-0.2, 0) is 51.8 Å². The molecular formula is C54H78O3. The fourth-order valence-corrected chi connectivity index (χ4v) is 8.49. The normalized spacial score (nSPS) is 13.4. The highest BCUT2D eigenvalue weighted by molar-refractivity contribution is 5.59. The fourth-order valence-electron chi connectivity index (χ4n) is 8.49. The second-order valence-corrected chi connectivity index (χ2v) is 23.5. The Balaban J connectivity index is 2.16. The largest absolute Gasteiger partial charge is 0.507 e. The maximum Gasteiger partial charge on any atom is 0.123 e. The minimum atomic E-state index is -0.248. The van der Waals surface area contributed by atoms with E-state index in [0.29, 0.717) is 23.7 Å². The maximum absolute atomic E-state index is 11.7. The molecule has 0 unspecified atom stereocenters. The summed E-state index contributed by atoms with van der Waals surface area (Å²) < 4.78 is 0. The molecule has 0 aliphatic carbocycles. The van der Waals surface area contributed by atoms with E-state index < -0.39 is 0 Å². The van der Waals surface area contributed by atoms with Crippen molar-refractivity contribution in [2.45, 2.75) is 197 Å². The molecule has 3 heteroatoms. The second-order valence-electron chi connectivity index (χ2n) is 23.5. The molecule has 3 nitrogen and oxygen atoms in total. The molecule has 0 fully saturated rings. The van der Waals surface area contributed by atoms with Gasteiger partial charge in [-0.15, -0.1) is 0 Å². The van der Waals surface area contributed by atoms with Gasteiger partial charge in [0.15, 0.2) is 0 Å². The van der Waals surface area contributed by atoms with E-state index in [-0.39, 0.29) is 32.5 Å². The zero-order valence-electron chi connectivity index (χ0n) is 39.9. The van der Waals surface area contributed by atoms with Crippen molar-refractivity contribution in [3.05, 3.63) is 120 Å². The molecule has 0 radical (unpaired) electrons. The minimum Gasteiger partial charge on any atom is -0.507 e. The molecule has 0 spiro atoms. The average molecular weight is 775 g/mol. The van der Waals surface area contributed by atoms with Crippen LogP contribution in [0.4, 0.5) is 0 Å². The van der Waals surface area contributed by atoms with Gasteiger partial charge < -0.3 is 15.3 Å². The number of hydrogen-bond acceptors (Lipinski definition) is 3. The molecule has 4 aromatic rings. The SMILES string of the molecule is Cc1c(C)c(Cc2cc(C(C)(C)C)c(O)c(C(C)(C)C)c2)c(Cc2cc(C(C)(C)C)c(O)c(C(C)(C)C)c2)c(Cc2cc(C(C)(C)C)c(O)c(C(C)(C)C)c2)c1C. The lowest BCUT2D eigenvalue weighted by atomic mass is 9.75. The van der Waals surface area contributed by atoms with Gasteiger partial charge in [-0.3, -0.25) is 0 Å². The van der Waals surface area contributed by atoms with E-state index in [4.69, 9.17) is 0 Å². The maximum atomic E-state index is 11.7.